The minimum Gasteiger partial charge on any atom is -0.301 e. The lowest BCUT2D eigenvalue weighted by Crippen LogP contribution is -2.26. The number of benzene rings is 1. The number of rotatable bonds is 6. The second-order valence-electron chi connectivity index (χ2n) is 6.77. The number of aromatic nitrogens is 2. The van der Waals surface area contributed by atoms with Gasteiger partial charge in [-0.05, 0) is 28.2 Å². The second-order valence-corrected chi connectivity index (χ2v) is 9.14. The van der Waals surface area contributed by atoms with Crippen LogP contribution < -0.4 is 10.6 Å². The summed E-state index contributed by atoms with van der Waals surface area (Å²) in [6, 6.07) is 2.18. The molecule has 0 radical (unpaired) electrons. The predicted molar refractivity (Wildman–Crippen MR) is 117 cm³/mol. The van der Waals surface area contributed by atoms with Crippen molar-refractivity contribution in [3.8, 4) is 6.07 Å². The van der Waals surface area contributed by atoms with Gasteiger partial charge in [0.05, 0.1) is 33.1 Å². The minimum absolute atomic E-state index is 0.210. The molecule has 29 heavy (non-hydrogen) atoms. The first-order valence-corrected chi connectivity index (χ1v) is 10.4. The fourth-order valence-corrected chi connectivity index (χ4v) is 5.02. The Morgan fingerprint density at radius 2 is 1.38 bits per heavy atom. The molecule has 2 heterocycles. The molecule has 0 atom stereocenters. The molecule has 152 valence electrons. The molecule has 0 saturated heterocycles. The zero-order valence-electron chi connectivity index (χ0n) is 16.2. The number of carbonyl (C=O) groups excluding carboxylic acids is 2. The maximum absolute atomic E-state index is 12.0. The summed E-state index contributed by atoms with van der Waals surface area (Å²) in [6.45, 7) is 0.419. The monoisotopic (exact) mass is 451 g/mol. The molecule has 2 aromatic heterocycles. The van der Waals surface area contributed by atoms with Gasteiger partial charge in [-0.15, -0.1) is 0 Å². The lowest BCUT2D eigenvalue weighted by atomic mass is 10.2. The Bertz CT molecular complexity index is 1070. The van der Waals surface area contributed by atoms with Gasteiger partial charge in [0.15, 0.2) is 10.3 Å². The molecule has 0 fully saturated rings. The molecule has 0 aliphatic carbocycles. The summed E-state index contributed by atoms with van der Waals surface area (Å²) in [5, 5.41) is 16.2. The van der Waals surface area contributed by atoms with Crippen molar-refractivity contribution in [2.75, 3.05) is 51.9 Å². The molecule has 12 heteroatoms. The number of halogens is 1. The summed E-state index contributed by atoms with van der Waals surface area (Å²) in [4.78, 5) is 36.3. The number of nitrogens with one attached hydrogen (secondary N) is 2. The molecule has 1 aromatic carbocycles. The molecule has 2 N–H and O–H groups in total. The Labute approximate surface area is 179 Å². The van der Waals surface area contributed by atoms with Gasteiger partial charge in [0.2, 0.25) is 11.8 Å². The predicted octanol–water partition coefficient (Wildman–Crippen LogP) is 2.43. The van der Waals surface area contributed by atoms with Crippen molar-refractivity contribution in [3.63, 3.8) is 0 Å². The van der Waals surface area contributed by atoms with Crippen LogP contribution in [0.5, 0.6) is 0 Å². The van der Waals surface area contributed by atoms with Crippen LogP contribution in [0.1, 0.15) is 5.56 Å². The van der Waals surface area contributed by atoms with Crippen molar-refractivity contribution < 1.29 is 9.59 Å². The standard InChI is InChI=1S/C17H18ClN7O2S2/c1-24(2)6-9(26)20-16-22-12-11(18)13-15(8(5-19)14(12)28-16)29-17(23-13)21-10(27)7-25(3)4/h6-7H2,1-4H3,(H,20,22,26)(H,21,23,27). The fourth-order valence-electron chi connectivity index (χ4n) is 2.59. The Morgan fingerprint density at radius 3 is 1.72 bits per heavy atom. The molecule has 0 bridgehead atoms. The number of thiazole rings is 2. The summed E-state index contributed by atoms with van der Waals surface area (Å²) in [6.07, 6.45) is 0. The van der Waals surface area contributed by atoms with Gasteiger partial charge in [0.25, 0.3) is 0 Å². The molecular formula is C17H18ClN7O2S2. The molecule has 3 rings (SSSR count). The summed E-state index contributed by atoms with van der Waals surface area (Å²) in [5.74, 6) is -0.427. The largest absolute Gasteiger partial charge is 0.301 e. The van der Waals surface area contributed by atoms with Gasteiger partial charge in [-0.1, -0.05) is 34.3 Å². The molecule has 2 amide bonds. The third-order valence-electron chi connectivity index (χ3n) is 3.65. The van der Waals surface area contributed by atoms with Crippen molar-refractivity contribution in [1.29, 1.82) is 5.26 Å². The Hall–Kier alpha value is -2.36. The zero-order chi connectivity index (χ0) is 21.3. The SMILES string of the molecule is CN(C)CC(=O)Nc1nc2c(Cl)c3nc(NC(=O)CN(C)C)sc3c(C#N)c2s1. The van der Waals surface area contributed by atoms with Crippen LogP contribution in [0.2, 0.25) is 5.02 Å². The number of anilines is 2. The average molecular weight is 452 g/mol. The maximum Gasteiger partial charge on any atom is 0.240 e. The van der Waals surface area contributed by atoms with E-state index in [1.54, 1.807) is 38.0 Å². The van der Waals surface area contributed by atoms with E-state index >= 15 is 0 Å². The van der Waals surface area contributed by atoms with Gasteiger partial charge in [-0.3, -0.25) is 9.59 Å². The first-order valence-electron chi connectivity index (χ1n) is 8.41. The van der Waals surface area contributed by atoms with Crippen LogP contribution in [0.4, 0.5) is 10.3 Å². The fraction of sp³-hybridized carbons (Fsp3) is 0.353. The summed E-state index contributed by atoms with van der Waals surface area (Å²) >= 11 is 8.87. The number of hydrogen-bond donors (Lipinski definition) is 2. The molecular weight excluding hydrogens is 434 g/mol. The summed E-state index contributed by atoms with van der Waals surface area (Å²) in [7, 11) is 7.16. The van der Waals surface area contributed by atoms with Crippen LogP contribution in [0, 0.1) is 11.3 Å². The third-order valence-corrected chi connectivity index (χ3v) is 5.98. The quantitative estimate of drug-likeness (QED) is 0.591. The topological polar surface area (TPSA) is 114 Å². The Balaban J connectivity index is 2.02. The molecule has 0 aliphatic heterocycles. The van der Waals surface area contributed by atoms with Crippen molar-refractivity contribution in [2.24, 2.45) is 0 Å². The van der Waals surface area contributed by atoms with Crippen molar-refractivity contribution >= 4 is 76.8 Å². The highest BCUT2D eigenvalue weighted by molar-refractivity contribution is 7.25. The van der Waals surface area contributed by atoms with E-state index in [0.29, 0.717) is 36.3 Å². The van der Waals surface area contributed by atoms with E-state index in [4.69, 9.17) is 11.6 Å². The van der Waals surface area contributed by atoms with Crippen LogP contribution in [0.3, 0.4) is 0 Å². The number of likely N-dealkylation sites (N-methyl/N-ethyl adjacent to an activating group) is 2. The van der Waals surface area contributed by atoms with E-state index in [0.717, 1.165) is 0 Å². The van der Waals surface area contributed by atoms with Crippen LogP contribution in [-0.2, 0) is 9.59 Å². The molecule has 0 aliphatic rings. The van der Waals surface area contributed by atoms with E-state index in [9.17, 15) is 14.9 Å². The number of amides is 2. The van der Waals surface area contributed by atoms with E-state index in [2.05, 4.69) is 26.7 Å². The molecule has 0 unspecified atom stereocenters. The minimum atomic E-state index is -0.213. The van der Waals surface area contributed by atoms with Gasteiger partial charge in [0, 0.05) is 0 Å². The highest BCUT2D eigenvalue weighted by Crippen LogP contribution is 2.42. The highest BCUT2D eigenvalue weighted by Gasteiger charge is 2.22. The zero-order valence-corrected chi connectivity index (χ0v) is 18.6. The van der Waals surface area contributed by atoms with E-state index < -0.39 is 0 Å². The summed E-state index contributed by atoms with van der Waals surface area (Å²) in [5.41, 5.74) is 1.17. The van der Waals surface area contributed by atoms with E-state index in [-0.39, 0.29) is 29.9 Å². The lowest BCUT2D eigenvalue weighted by molar-refractivity contribution is -0.117. The third kappa shape index (κ3) is 4.63. The normalized spacial score (nSPS) is 11.4. The van der Waals surface area contributed by atoms with E-state index in [1.807, 2.05) is 0 Å². The first-order chi connectivity index (χ1) is 13.7. The number of nitriles is 1. The molecule has 0 saturated carbocycles. The van der Waals surface area contributed by atoms with Crippen LogP contribution in [0.15, 0.2) is 0 Å². The van der Waals surface area contributed by atoms with Gasteiger partial charge in [0.1, 0.15) is 17.1 Å². The smallest absolute Gasteiger partial charge is 0.240 e. The van der Waals surface area contributed by atoms with Crippen LogP contribution in [0.25, 0.3) is 20.4 Å². The van der Waals surface area contributed by atoms with E-state index in [1.165, 1.54) is 22.7 Å². The van der Waals surface area contributed by atoms with Crippen molar-refractivity contribution in [2.45, 2.75) is 0 Å². The number of carbonyl (C=O) groups is 2. The second kappa shape index (κ2) is 8.56. The van der Waals surface area contributed by atoms with Gasteiger partial charge in [-0.25, -0.2) is 9.97 Å². The van der Waals surface area contributed by atoms with Crippen LogP contribution >= 0.6 is 34.3 Å². The molecule has 0 spiro atoms. The van der Waals surface area contributed by atoms with Gasteiger partial charge < -0.3 is 20.4 Å². The van der Waals surface area contributed by atoms with Gasteiger partial charge in [-0.2, -0.15) is 5.26 Å². The maximum atomic E-state index is 12.0. The summed E-state index contributed by atoms with van der Waals surface area (Å²) < 4.78 is 1.14. The molecule has 9 nitrogen and oxygen atoms in total. The van der Waals surface area contributed by atoms with Gasteiger partial charge >= 0.3 is 0 Å². The number of hydrogen-bond acceptors (Lipinski definition) is 9. The highest BCUT2D eigenvalue weighted by atomic mass is 35.5. The number of nitrogens with zero attached hydrogens (tertiary/aromatic N) is 5. The number of fused-ring (bicyclic) bond motifs is 2. The van der Waals surface area contributed by atoms with Crippen LogP contribution in [-0.4, -0.2) is 72.9 Å². The lowest BCUT2D eigenvalue weighted by Gasteiger charge is -2.07. The molecule has 3 aromatic rings. The van der Waals surface area contributed by atoms with Crippen molar-refractivity contribution in [3.05, 3.63) is 10.6 Å². The first kappa shape index (κ1) is 21.4. The van der Waals surface area contributed by atoms with Crippen molar-refractivity contribution in [1.82, 2.24) is 19.8 Å². The Morgan fingerprint density at radius 1 is 0.966 bits per heavy atom. The Kier molecular flexibility index (Phi) is 6.30. The average Bonchev–Trinajstić information content (AvgIpc) is 3.18.